The van der Waals surface area contributed by atoms with E-state index in [1.807, 2.05) is 26.2 Å². The fourth-order valence-electron chi connectivity index (χ4n) is 1.95. The minimum atomic E-state index is -0.213. The first-order valence-electron chi connectivity index (χ1n) is 6.77. The highest BCUT2D eigenvalue weighted by atomic mass is 16.5. The second-order valence-corrected chi connectivity index (χ2v) is 5.13. The molecule has 1 aromatic carbocycles. The Morgan fingerprint density at radius 2 is 2.10 bits per heavy atom. The highest BCUT2D eigenvalue weighted by molar-refractivity contribution is 5.76. The third kappa shape index (κ3) is 6.14. The van der Waals surface area contributed by atoms with Crippen LogP contribution in [0.3, 0.4) is 0 Å². The molecular weight excluding hydrogens is 254 g/mol. The maximum atomic E-state index is 11.8. The van der Waals surface area contributed by atoms with Crippen LogP contribution in [-0.4, -0.2) is 44.7 Å². The van der Waals surface area contributed by atoms with Crippen LogP contribution in [0.25, 0.3) is 0 Å². The van der Waals surface area contributed by atoms with Crippen molar-refractivity contribution < 1.29 is 9.53 Å². The third-order valence-electron chi connectivity index (χ3n) is 2.99. The number of rotatable bonds is 8. The molecule has 0 aliphatic carbocycles. The number of amides is 1. The van der Waals surface area contributed by atoms with Gasteiger partial charge in [0.25, 0.3) is 0 Å². The molecule has 5 nitrogen and oxygen atoms in total. The van der Waals surface area contributed by atoms with Crippen LogP contribution >= 0.6 is 0 Å². The van der Waals surface area contributed by atoms with Gasteiger partial charge in [-0.15, -0.1) is 0 Å². The second-order valence-electron chi connectivity index (χ2n) is 5.13. The van der Waals surface area contributed by atoms with E-state index in [2.05, 4.69) is 22.3 Å². The van der Waals surface area contributed by atoms with Crippen LogP contribution < -0.4 is 11.1 Å². The number of methoxy groups -OCH3 is 1. The Labute approximate surface area is 121 Å². The Kier molecular flexibility index (Phi) is 7.22. The van der Waals surface area contributed by atoms with Crippen molar-refractivity contribution in [2.45, 2.75) is 25.6 Å². The average Bonchev–Trinajstić information content (AvgIpc) is 2.42. The van der Waals surface area contributed by atoms with Gasteiger partial charge >= 0.3 is 0 Å². The molecule has 0 saturated carbocycles. The van der Waals surface area contributed by atoms with E-state index < -0.39 is 0 Å². The lowest BCUT2D eigenvalue weighted by atomic mass is 10.1. The first-order chi connectivity index (χ1) is 9.55. The van der Waals surface area contributed by atoms with Crippen LogP contribution in [0.2, 0.25) is 0 Å². The summed E-state index contributed by atoms with van der Waals surface area (Å²) < 4.78 is 5.09. The molecule has 1 unspecified atom stereocenters. The maximum absolute atomic E-state index is 11.8. The van der Waals surface area contributed by atoms with Gasteiger partial charge in [-0.3, -0.25) is 4.79 Å². The molecule has 20 heavy (non-hydrogen) atoms. The number of hydrogen-bond donors (Lipinski definition) is 2. The Bertz CT molecular complexity index is 417. The second kappa shape index (κ2) is 8.68. The molecule has 1 aromatic rings. The molecule has 0 bridgehead atoms. The number of nitrogens with one attached hydrogen (secondary N) is 1. The van der Waals surface area contributed by atoms with Gasteiger partial charge in [0.1, 0.15) is 0 Å². The summed E-state index contributed by atoms with van der Waals surface area (Å²) in [6.07, 6.45) is 0.0831. The van der Waals surface area contributed by atoms with E-state index in [0.717, 1.165) is 12.1 Å². The summed E-state index contributed by atoms with van der Waals surface area (Å²) in [5.41, 5.74) is 7.83. The van der Waals surface area contributed by atoms with Crippen molar-refractivity contribution in [3.8, 4) is 0 Å². The van der Waals surface area contributed by atoms with Crippen molar-refractivity contribution in [2.24, 2.45) is 5.73 Å². The monoisotopic (exact) mass is 279 g/mol. The zero-order valence-electron chi connectivity index (χ0n) is 12.6. The normalized spacial score (nSPS) is 12.4. The lowest BCUT2D eigenvalue weighted by Gasteiger charge is -2.13. The number of benzene rings is 1. The standard InChI is InChI=1S/C15H25N3O2/c1-18(2)11-13-6-4-5-12(7-13)10-17-15(19)8-14(9-16)20-3/h4-7,14H,8-11,16H2,1-3H3,(H,17,19). The van der Waals surface area contributed by atoms with Crippen LogP contribution in [0.15, 0.2) is 24.3 Å². The highest BCUT2D eigenvalue weighted by Crippen LogP contribution is 2.07. The number of nitrogens with two attached hydrogens (primary N) is 1. The van der Waals surface area contributed by atoms with Crippen LogP contribution in [0, 0.1) is 0 Å². The Morgan fingerprint density at radius 1 is 1.40 bits per heavy atom. The van der Waals surface area contributed by atoms with Crippen molar-refractivity contribution >= 4 is 5.91 Å². The number of nitrogens with zero attached hydrogens (tertiary/aromatic N) is 1. The highest BCUT2D eigenvalue weighted by Gasteiger charge is 2.10. The van der Waals surface area contributed by atoms with E-state index in [-0.39, 0.29) is 12.0 Å². The summed E-state index contributed by atoms with van der Waals surface area (Å²) in [5, 5.41) is 2.89. The summed E-state index contributed by atoms with van der Waals surface area (Å²) in [5.74, 6) is -0.0414. The zero-order valence-corrected chi connectivity index (χ0v) is 12.6. The van der Waals surface area contributed by atoms with Crippen LogP contribution in [0.4, 0.5) is 0 Å². The number of hydrogen-bond acceptors (Lipinski definition) is 4. The average molecular weight is 279 g/mol. The molecule has 0 spiro atoms. The topological polar surface area (TPSA) is 67.6 Å². The number of carbonyl (C=O) groups excluding carboxylic acids is 1. The summed E-state index contributed by atoms with van der Waals surface area (Å²) in [7, 11) is 5.63. The molecule has 1 amide bonds. The molecule has 5 heteroatoms. The van der Waals surface area contributed by atoms with Gasteiger partial charge in [0.2, 0.25) is 5.91 Å². The van der Waals surface area contributed by atoms with Gasteiger partial charge in [-0.05, 0) is 25.2 Å². The molecule has 1 atom stereocenters. The van der Waals surface area contributed by atoms with Crippen LogP contribution in [-0.2, 0) is 22.6 Å². The Balaban J connectivity index is 2.46. The van der Waals surface area contributed by atoms with Crippen molar-refractivity contribution in [1.29, 1.82) is 0 Å². The number of carbonyl (C=O) groups is 1. The predicted octanol–water partition coefficient (Wildman–Crippen LogP) is 0.728. The summed E-state index contributed by atoms with van der Waals surface area (Å²) in [6, 6.07) is 8.21. The number of ether oxygens (including phenoxy) is 1. The molecule has 0 radical (unpaired) electrons. The minimum absolute atomic E-state index is 0.0414. The molecule has 1 rings (SSSR count). The quantitative estimate of drug-likeness (QED) is 0.736. The first-order valence-corrected chi connectivity index (χ1v) is 6.77. The van der Waals surface area contributed by atoms with Crippen LogP contribution in [0.1, 0.15) is 17.5 Å². The zero-order chi connectivity index (χ0) is 15.0. The van der Waals surface area contributed by atoms with E-state index in [0.29, 0.717) is 19.5 Å². The van der Waals surface area contributed by atoms with Gasteiger partial charge in [-0.1, -0.05) is 24.3 Å². The van der Waals surface area contributed by atoms with Gasteiger partial charge in [0, 0.05) is 26.7 Å². The fourth-order valence-corrected chi connectivity index (χ4v) is 1.95. The van der Waals surface area contributed by atoms with Gasteiger partial charge < -0.3 is 20.7 Å². The molecule has 0 aliphatic heterocycles. The molecule has 0 aromatic heterocycles. The Morgan fingerprint density at radius 3 is 2.70 bits per heavy atom. The minimum Gasteiger partial charge on any atom is -0.380 e. The molecule has 0 heterocycles. The van der Waals surface area contributed by atoms with E-state index >= 15 is 0 Å². The lowest BCUT2D eigenvalue weighted by Crippen LogP contribution is -2.31. The first kappa shape index (κ1) is 16.6. The van der Waals surface area contributed by atoms with Crippen LogP contribution in [0.5, 0.6) is 0 Å². The maximum Gasteiger partial charge on any atom is 0.222 e. The molecule has 3 N–H and O–H groups in total. The third-order valence-corrected chi connectivity index (χ3v) is 2.99. The molecule has 0 saturated heterocycles. The predicted molar refractivity (Wildman–Crippen MR) is 80.1 cm³/mol. The summed E-state index contributed by atoms with van der Waals surface area (Å²) >= 11 is 0. The van der Waals surface area contributed by atoms with Gasteiger partial charge in [0.05, 0.1) is 12.5 Å². The van der Waals surface area contributed by atoms with Crippen molar-refractivity contribution in [2.75, 3.05) is 27.7 Å². The van der Waals surface area contributed by atoms with E-state index in [1.165, 1.54) is 5.56 Å². The molecular formula is C15H25N3O2. The summed E-state index contributed by atoms with van der Waals surface area (Å²) in [4.78, 5) is 13.9. The van der Waals surface area contributed by atoms with Gasteiger partial charge in [-0.25, -0.2) is 0 Å². The molecule has 0 aliphatic rings. The lowest BCUT2D eigenvalue weighted by molar-refractivity contribution is -0.123. The van der Waals surface area contributed by atoms with E-state index in [4.69, 9.17) is 10.5 Å². The van der Waals surface area contributed by atoms with Gasteiger partial charge in [0.15, 0.2) is 0 Å². The van der Waals surface area contributed by atoms with E-state index in [1.54, 1.807) is 7.11 Å². The smallest absolute Gasteiger partial charge is 0.222 e. The van der Waals surface area contributed by atoms with Gasteiger partial charge in [-0.2, -0.15) is 0 Å². The molecule has 112 valence electrons. The fraction of sp³-hybridized carbons (Fsp3) is 0.533. The Hall–Kier alpha value is -1.43. The largest absolute Gasteiger partial charge is 0.380 e. The summed E-state index contributed by atoms with van der Waals surface area (Å²) in [6.45, 7) is 1.77. The SMILES string of the molecule is COC(CN)CC(=O)NCc1cccc(CN(C)C)c1. The van der Waals surface area contributed by atoms with E-state index in [9.17, 15) is 4.79 Å². The van der Waals surface area contributed by atoms with Crippen molar-refractivity contribution in [3.05, 3.63) is 35.4 Å². The van der Waals surface area contributed by atoms with Crippen molar-refractivity contribution in [3.63, 3.8) is 0 Å². The van der Waals surface area contributed by atoms with Crippen molar-refractivity contribution in [1.82, 2.24) is 10.2 Å². The molecule has 0 fully saturated rings.